The van der Waals surface area contributed by atoms with Gasteiger partial charge >= 0.3 is 5.97 Å². The zero-order valence-electron chi connectivity index (χ0n) is 12.0. The van der Waals surface area contributed by atoms with Gasteiger partial charge in [0.05, 0.1) is 17.4 Å². The van der Waals surface area contributed by atoms with Crippen LogP contribution >= 0.6 is 15.9 Å². The summed E-state index contributed by atoms with van der Waals surface area (Å²) in [6, 6.07) is 6.60. The van der Waals surface area contributed by atoms with Crippen molar-refractivity contribution in [3.05, 3.63) is 46.7 Å². The number of aliphatic carboxylic acids is 1. The van der Waals surface area contributed by atoms with E-state index in [1.54, 1.807) is 10.9 Å². The Balaban J connectivity index is 2.13. The van der Waals surface area contributed by atoms with Gasteiger partial charge < -0.3 is 10.4 Å². The Morgan fingerprint density at radius 2 is 2.23 bits per heavy atom. The molecule has 0 saturated heterocycles. The molecule has 1 amide bonds. The smallest absolute Gasteiger partial charge is 0.326 e. The maximum atomic E-state index is 12.1. The molecule has 0 aliphatic carbocycles. The molecule has 1 heterocycles. The Bertz CT molecular complexity index is 684. The number of carboxylic acids is 1. The summed E-state index contributed by atoms with van der Waals surface area (Å²) in [6.45, 7) is 1.87. The fraction of sp³-hybridized carbons (Fsp3) is 0.267. The van der Waals surface area contributed by atoms with Crippen molar-refractivity contribution in [1.82, 2.24) is 15.1 Å². The number of hydrogen-bond donors (Lipinski definition) is 2. The van der Waals surface area contributed by atoms with Crippen molar-refractivity contribution in [2.24, 2.45) is 0 Å². The normalized spacial score (nSPS) is 11.9. The average Bonchev–Trinajstić information content (AvgIpc) is 2.96. The molecule has 0 saturated carbocycles. The number of nitrogens with zero attached hydrogens (tertiary/aromatic N) is 2. The van der Waals surface area contributed by atoms with Gasteiger partial charge in [-0.15, -0.1) is 0 Å². The molecular weight excluding hydrogens is 350 g/mol. The summed E-state index contributed by atoms with van der Waals surface area (Å²) in [5.41, 5.74) is 1.12. The van der Waals surface area contributed by atoms with Crippen LogP contribution in [-0.4, -0.2) is 32.8 Å². The van der Waals surface area contributed by atoms with Crippen molar-refractivity contribution < 1.29 is 14.7 Å². The average molecular weight is 366 g/mol. The summed E-state index contributed by atoms with van der Waals surface area (Å²) < 4.78 is 2.47. The SMILES string of the molecule is CCCC(NC(=O)c1cnn(-c2cccc(Br)c2)c1)C(=O)O. The summed E-state index contributed by atoms with van der Waals surface area (Å²) in [6.07, 6.45) is 4.05. The van der Waals surface area contributed by atoms with Gasteiger partial charge in [-0.2, -0.15) is 5.10 Å². The Morgan fingerprint density at radius 1 is 1.45 bits per heavy atom. The third kappa shape index (κ3) is 3.94. The lowest BCUT2D eigenvalue weighted by Crippen LogP contribution is -2.40. The van der Waals surface area contributed by atoms with E-state index in [9.17, 15) is 9.59 Å². The standard InChI is InChI=1S/C15H16BrN3O3/c1-2-4-13(15(21)22)18-14(20)10-8-17-19(9-10)12-6-3-5-11(16)7-12/h3,5-9,13H,2,4H2,1H3,(H,18,20)(H,21,22). The molecule has 0 bridgehead atoms. The van der Waals surface area contributed by atoms with Gasteiger partial charge in [0.1, 0.15) is 6.04 Å². The van der Waals surface area contributed by atoms with Crippen molar-refractivity contribution in [3.8, 4) is 5.69 Å². The number of carboxylic acid groups (broad SMARTS) is 1. The Labute approximate surface area is 136 Å². The van der Waals surface area contributed by atoms with Crippen molar-refractivity contribution in [3.63, 3.8) is 0 Å². The molecule has 2 rings (SSSR count). The number of halogens is 1. The van der Waals surface area contributed by atoms with Crippen molar-refractivity contribution in [2.45, 2.75) is 25.8 Å². The Hall–Kier alpha value is -2.15. The maximum absolute atomic E-state index is 12.1. The molecule has 0 aliphatic heterocycles. The van der Waals surface area contributed by atoms with Crippen LogP contribution in [0.3, 0.4) is 0 Å². The maximum Gasteiger partial charge on any atom is 0.326 e. The summed E-state index contributed by atoms with van der Waals surface area (Å²) in [5.74, 6) is -1.48. The van der Waals surface area contributed by atoms with Crippen LogP contribution in [-0.2, 0) is 4.79 Å². The number of benzene rings is 1. The van der Waals surface area contributed by atoms with Crippen LogP contribution in [0.5, 0.6) is 0 Å². The van der Waals surface area contributed by atoms with Gasteiger partial charge in [-0.1, -0.05) is 35.3 Å². The number of rotatable bonds is 6. The second-order valence-electron chi connectivity index (χ2n) is 4.81. The topological polar surface area (TPSA) is 84.2 Å². The lowest BCUT2D eigenvalue weighted by molar-refractivity contribution is -0.139. The van der Waals surface area contributed by atoms with E-state index < -0.39 is 17.9 Å². The van der Waals surface area contributed by atoms with Gasteiger partial charge in [0.2, 0.25) is 0 Å². The zero-order chi connectivity index (χ0) is 16.1. The molecule has 22 heavy (non-hydrogen) atoms. The molecule has 1 aromatic heterocycles. The number of hydrogen-bond acceptors (Lipinski definition) is 3. The van der Waals surface area contributed by atoms with Crippen molar-refractivity contribution >= 4 is 27.8 Å². The zero-order valence-corrected chi connectivity index (χ0v) is 13.6. The largest absolute Gasteiger partial charge is 0.480 e. The Morgan fingerprint density at radius 3 is 2.86 bits per heavy atom. The summed E-state index contributed by atoms with van der Waals surface area (Å²) in [5, 5.41) is 15.7. The predicted molar refractivity (Wildman–Crippen MR) is 85.1 cm³/mol. The fourth-order valence-electron chi connectivity index (χ4n) is 1.99. The second-order valence-corrected chi connectivity index (χ2v) is 5.72. The number of nitrogens with one attached hydrogen (secondary N) is 1. The second kappa shape index (κ2) is 7.22. The van der Waals surface area contributed by atoms with Gasteiger partial charge in [-0.25, -0.2) is 9.48 Å². The fourth-order valence-corrected chi connectivity index (χ4v) is 2.37. The molecule has 0 radical (unpaired) electrons. The van der Waals surface area contributed by atoms with Gasteiger partial charge in [0.15, 0.2) is 0 Å². The molecule has 2 N–H and O–H groups in total. The van der Waals surface area contributed by atoms with Crippen LogP contribution in [0.2, 0.25) is 0 Å². The molecule has 1 aromatic carbocycles. The minimum Gasteiger partial charge on any atom is -0.480 e. The van der Waals surface area contributed by atoms with Crippen LogP contribution in [0.1, 0.15) is 30.1 Å². The minimum atomic E-state index is -1.03. The molecule has 1 unspecified atom stereocenters. The van der Waals surface area contributed by atoms with Crippen molar-refractivity contribution in [2.75, 3.05) is 0 Å². The molecule has 0 aliphatic rings. The van der Waals surface area contributed by atoms with E-state index in [-0.39, 0.29) is 0 Å². The van der Waals surface area contributed by atoms with Crippen LogP contribution in [0.25, 0.3) is 5.69 Å². The first-order chi connectivity index (χ1) is 10.5. The van der Waals surface area contributed by atoms with E-state index in [0.717, 1.165) is 10.2 Å². The molecule has 2 aromatic rings. The molecule has 116 valence electrons. The number of amides is 1. The molecule has 0 spiro atoms. The summed E-state index contributed by atoms with van der Waals surface area (Å²) in [7, 11) is 0. The molecule has 7 heteroatoms. The van der Waals surface area contributed by atoms with Crippen LogP contribution in [0.15, 0.2) is 41.1 Å². The molecule has 6 nitrogen and oxygen atoms in total. The van der Waals surface area contributed by atoms with Crippen LogP contribution in [0.4, 0.5) is 0 Å². The van der Waals surface area contributed by atoms with Crippen LogP contribution < -0.4 is 5.32 Å². The molecule has 1 atom stereocenters. The first-order valence-corrected chi connectivity index (χ1v) is 7.65. The van der Waals surface area contributed by atoms with E-state index in [1.165, 1.54) is 6.20 Å². The Kier molecular flexibility index (Phi) is 5.32. The minimum absolute atomic E-state index is 0.322. The van der Waals surface area contributed by atoms with Gasteiger partial charge in [-0.3, -0.25) is 4.79 Å². The van der Waals surface area contributed by atoms with E-state index in [2.05, 4.69) is 26.3 Å². The number of carbonyl (C=O) groups is 2. The first-order valence-electron chi connectivity index (χ1n) is 6.85. The first kappa shape index (κ1) is 16.2. The predicted octanol–water partition coefficient (Wildman–Crippen LogP) is 2.62. The lowest BCUT2D eigenvalue weighted by atomic mass is 10.1. The van der Waals surface area contributed by atoms with Crippen molar-refractivity contribution in [1.29, 1.82) is 0 Å². The third-order valence-electron chi connectivity index (χ3n) is 3.10. The highest BCUT2D eigenvalue weighted by Crippen LogP contribution is 2.15. The van der Waals surface area contributed by atoms with Crippen LogP contribution in [0, 0.1) is 0 Å². The monoisotopic (exact) mass is 365 g/mol. The van der Waals surface area contributed by atoms with E-state index >= 15 is 0 Å². The molecular formula is C15H16BrN3O3. The van der Waals surface area contributed by atoms with E-state index in [0.29, 0.717) is 18.4 Å². The van der Waals surface area contributed by atoms with E-state index in [1.807, 2.05) is 31.2 Å². The lowest BCUT2D eigenvalue weighted by Gasteiger charge is -2.12. The highest BCUT2D eigenvalue weighted by Gasteiger charge is 2.20. The van der Waals surface area contributed by atoms with E-state index in [4.69, 9.17) is 5.11 Å². The third-order valence-corrected chi connectivity index (χ3v) is 3.59. The van der Waals surface area contributed by atoms with Gasteiger partial charge in [0.25, 0.3) is 5.91 Å². The quantitative estimate of drug-likeness (QED) is 0.823. The number of aromatic nitrogens is 2. The van der Waals surface area contributed by atoms with Gasteiger partial charge in [0, 0.05) is 10.7 Å². The summed E-state index contributed by atoms with van der Waals surface area (Å²) >= 11 is 3.38. The molecule has 0 fully saturated rings. The highest BCUT2D eigenvalue weighted by atomic mass is 79.9. The summed E-state index contributed by atoms with van der Waals surface area (Å²) in [4.78, 5) is 23.2. The highest BCUT2D eigenvalue weighted by molar-refractivity contribution is 9.10. The number of carbonyl (C=O) groups excluding carboxylic acids is 1. The van der Waals surface area contributed by atoms with Gasteiger partial charge in [-0.05, 0) is 24.6 Å².